The molecule has 1 aromatic rings. The van der Waals surface area contributed by atoms with E-state index < -0.39 is 0 Å². The number of benzene rings is 1. The molecule has 88 valence electrons. The zero-order chi connectivity index (χ0) is 12.0. The SMILES string of the molecule is CN(CC(=O)NCCO)c1ccc(F)cc1. The van der Waals surface area contributed by atoms with E-state index in [2.05, 4.69) is 5.32 Å². The number of hydrogen-bond donors (Lipinski definition) is 2. The van der Waals surface area contributed by atoms with Crippen LogP contribution in [-0.4, -0.2) is 37.8 Å². The van der Waals surface area contributed by atoms with E-state index in [1.54, 1.807) is 24.1 Å². The van der Waals surface area contributed by atoms with E-state index in [1.165, 1.54) is 12.1 Å². The summed E-state index contributed by atoms with van der Waals surface area (Å²) in [5.41, 5.74) is 0.764. The third kappa shape index (κ3) is 3.86. The molecule has 0 saturated carbocycles. The van der Waals surface area contributed by atoms with E-state index >= 15 is 0 Å². The fraction of sp³-hybridized carbons (Fsp3) is 0.364. The van der Waals surface area contributed by atoms with Crippen LogP contribution < -0.4 is 10.2 Å². The van der Waals surface area contributed by atoms with Gasteiger partial charge in [-0.2, -0.15) is 0 Å². The number of carbonyl (C=O) groups excluding carboxylic acids is 1. The van der Waals surface area contributed by atoms with Crippen molar-refractivity contribution in [3.63, 3.8) is 0 Å². The van der Waals surface area contributed by atoms with E-state index in [9.17, 15) is 9.18 Å². The molecule has 0 saturated heterocycles. The molecule has 0 radical (unpaired) electrons. The molecule has 0 unspecified atom stereocenters. The maximum Gasteiger partial charge on any atom is 0.239 e. The fourth-order valence-corrected chi connectivity index (χ4v) is 1.25. The van der Waals surface area contributed by atoms with Gasteiger partial charge in [0.05, 0.1) is 13.2 Å². The molecule has 0 aliphatic carbocycles. The molecule has 2 N–H and O–H groups in total. The number of carbonyl (C=O) groups is 1. The predicted octanol–water partition coefficient (Wildman–Crippen LogP) is 0.370. The first-order valence-corrected chi connectivity index (χ1v) is 4.97. The van der Waals surface area contributed by atoms with Gasteiger partial charge in [-0.25, -0.2) is 4.39 Å². The van der Waals surface area contributed by atoms with Crippen molar-refractivity contribution in [2.75, 3.05) is 31.6 Å². The highest BCUT2D eigenvalue weighted by Crippen LogP contribution is 2.12. The Labute approximate surface area is 93.7 Å². The van der Waals surface area contributed by atoms with Crippen molar-refractivity contribution in [2.45, 2.75) is 0 Å². The molecule has 0 aromatic heterocycles. The van der Waals surface area contributed by atoms with Crippen molar-refractivity contribution >= 4 is 11.6 Å². The molecule has 5 heteroatoms. The summed E-state index contributed by atoms with van der Waals surface area (Å²) in [6.45, 7) is 0.341. The van der Waals surface area contributed by atoms with E-state index in [-0.39, 0.29) is 31.4 Å². The normalized spacial score (nSPS) is 9.94. The minimum absolute atomic E-state index is 0.0774. The standard InChI is InChI=1S/C11H15FN2O2/c1-14(8-11(16)13-6-7-15)10-4-2-9(12)3-5-10/h2-5,15H,6-8H2,1H3,(H,13,16). The molecule has 4 nitrogen and oxygen atoms in total. The third-order valence-electron chi connectivity index (χ3n) is 2.08. The number of amides is 1. The first-order chi connectivity index (χ1) is 7.63. The summed E-state index contributed by atoms with van der Waals surface area (Å²) >= 11 is 0. The van der Waals surface area contributed by atoms with Gasteiger partial charge in [-0.05, 0) is 24.3 Å². The minimum atomic E-state index is -0.304. The minimum Gasteiger partial charge on any atom is -0.395 e. The number of nitrogens with zero attached hydrogens (tertiary/aromatic N) is 1. The number of aliphatic hydroxyl groups is 1. The molecule has 1 aromatic carbocycles. The van der Waals surface area contributed by atoms with Crippen LogP contribution in [0.3, 0.4) is 0 Å². The lowest BCUT2D eigenvalue weighted by Crippen LogP contribution is -2.36. The summed E-state index contributed by atoms with van der Waals surface area (Å²) in [6, 6.07) is 5.90. The predicted molar refractivity (Wildman–Crippen MR) is 59.8 cm³/mol. The lowest BCUT2D eigenvalue weighted by Gasteiger charge is -2.18. The van der Waals surface area contributed by atoms with Crippen LogP contribution in [0.4, 0.5) is 10.1 Å². The van der Waals surface area contributed by atoms with E-state index in [0.717, 1.165) is 5.69 Å². The average Bonchev–Trinajstić information content (AvgIpc) is 2.27. The summed E-state index contributed by atoms with van der Waals surface area (Å²) in [7, 11) is 1.74. The van der Waals surface area contributed by atoms with Crippen LogP contribution >= 0.6 is 0 Å². The van der Waals surface area contributed by atoms with Gasteiger partial charge in [-0.1, -0.05) is 0 Å². The number of aliphatic hydroxyl groups excluding tert-OH is 1. The molecule has 0 atom stereocenters. The maximum atomic E-state index is 12.7. The first kappa shape index (κ1) is 12.4. The fourth-order valence-electron chi connectivity index (χ4n) is 1.25. The molecular formula is C11H15FN2O2. The van der Waals surface area contributed by atoms with Gasteiger partial charge in [0.25, 0.3) is 0 Å². The van der Waals surface area contributed by atoms with Gasteiger partial charge in [0.2, 0.25) is 5.91 Å². The van der Waals surface area contributed by atoms with Crippen LogP contribution in [0.5, 0.6) is 0 Å². The van der Waals surface area contributed by atoms with Crippen LogP contribution in [0.1, 0.15) is 0 Å². The summed E-state index contributed by atoms with van der Waals surface area (Å²) < 4.78 is 12.7. The zero-order valence-corrected chi connectivity index (χ0v) is 9.11. The first-order valence-electron chi connectivity index (χ1n) is 4.97. The highest BCUT2D eigenvalue weighted by atomic mass is 19.1. The molecule has 0 bridgehead atoms. The molecule has 0 fully saturated rings. The Morgan fingerprint density at radius 3 is 2.62 bits per heavy atom. The van der Waals surface area contributed by atoms with Crippen molar-refractivity contribution in [1.29, 1.82) is 0 Å². The molecular weight excluding hydrogens is 211 g/mol. The smallest absolute Gasteiger partial charge is 0.239 e. The number of nitrogens with one attached hydrogen (secondary N) is 1. The molecule has 0 heterocycles. The molecule has 1 rings (SSSR count). The highest BCUT2D eigenvalue weighted by Gasteiger charge is 2.06. The quantitative estimate of drug-likeness (QED) is 0.762. The second-order valence-corrected chi connectivity index (χ2v) is 3.41. The number of likely N-dealkylation sites (N-methyl/N-ethyl adjacent to an activating group) is 1. The largest absolute Gasteiger partial charge is 0.395 e. The Morgan fingerprint density at radius 1 is 1.44 bits per heavy atom. The highest BCUT2D eigenvalue weighted by molar-refractivity contribution is 5.81. The number of hydrogen-bond acceptors (Lipinski definition) is 3. The van der Waals surface area contributed by atoms with Gasteiger partial charge >= 0.3 is 0 Å². The molecule has 0 aliphatic rings. The van der Waals surface area contributed by atoms with Crippen molar-refractivity contribution in [2.24, 2.45) is 0 Å². The number of rotatable bonds is 5. The van der Waals surface area contributed by atoms with Crippen LogP contribution in [0.2, 0.25) is 0 Å². The van der Waals surface area contributed by atoms with Crippen LogP contribution in [0, 0.1) is 5.82 Å². The molecule has 0 aliphatic heterocycles. The lowest BCUT2D eigenvalue weighted by atomic mass is 10.3. The second-order valence-electron chi connectivity index (χ2n) is 3.41. The summed E-state index contributed by atoms with van der Waals surface area (Å²) in [5.74, 6) is -0.484. The van der Waals surface area contributed by atoms with Crippen molar-refractivity contribution in [3.05, 3.63) is 30.1 Å². The number of anilines is 1. The summed E-state index contributed by atoms with van der Waals surface area (Å²) in [5, 5.41) is 11.1. The monoisotopic (exact) mass is 226 g/mol. The van der Waals surface area contributed by atoms with Crippen molar-refractivity contribution < 1.29 is 14.3 Å². The van der Waals surface area contributed by atoms with Gasteiger partial charge < -0.3 is 15.3 Å². The zero-order valence-electron chi connectivity index (χ0n) is 9.11. The van der Waals surface area contributed by atoms with Gasteiger partial charge in [-0.3, -0.25) is 4.79 Å². The average molecular weight is 226 g/mol. The van der Waals surface area contributed by atoms with Gasteiger partial charge in [0.15, 0.2) is 0 Å². The Morgan fingerprint density at radius 2 is 2.06 bits per heavy atom. The van der Waals surface area contributed by atoms with E-state index in [0.29, 0.717) is 0 Å². The summed E-state index contributed by atoms with van der Waals surface area (Å²) in [6.07, 6.45) is 0. The second kappa shape index (κ2) is 6.07. The third-order valence-corrected chi connectivity index (χ3v) is 2.08. The summed E-state index contributed by atoms with van der Waals surface area (Å²) in [4.78, 5) is 13.0. The Bertz CT molecular complexity index is 340. The van der Waals surface area contributed by atoms with Crippen LogP contribution in [0.25, 0.3) is 0 Å². The topological polar surface area (TPSA) is 52.6 Å². The molecule has 0 spiro atoms. The van der Waals surface area contributed by atoms with Crippen molar-refractivity contribution in [3.8, 4) is 0 Å². The molecule has 16 heavy (non-hydrogen) atoms. The van der Waals surface area contributed by atoms with Gasteiger partial charge in [-0.15, -0.1) is 0 Å². The maximum absolute atomic E-state index is 12.7. The van der Waals surface area contributed by atoms with E-state index in [4.69, 9.17) is 5.11 Å². The van der Waals surface area contributed by atoms with Crippen LogP contribution in [0.15, 0.2) is 24.3 Å². The van der Waals surface area contributed by atoms with Crippen LogP contribution in [-0.2, 0) is 4.79 Å². The Hall–Kier alpha value is -1.62. The number of halogens is 1. The van der Waals surface area contributed by atoms with Gasteiger partial charge in [0, 0.05) is 19.3 Å². The van der Waals surface area contributed by atoms with E-state index in [1.807, 2.05) is 0 Å². The van der Waals surface area contributed by atoms with Gasteiger partial charge in [0.1, 0.15) is 5.82 Å². The Balaban J connectivity index is 2.48. The molecule has 1 amide bonds. The Kier molecular flexibility index (Phi) is 4.72. The lowest BCUT2D eigenvalue weighted by molar-refractivity contribution is -0.119. The van der Waals surface area contributed by atoms with Crippen molar-refractivity contribution in [1.82, 2.24) is 5.32 Å².